The van der Waals surface area contributed by atoms with E-state index in [2.05, 4.69) is 15.2 Å². The van der Waals surface area contributed by atoms with E-state index in [0.29, 0.717) is 29.9 Å². The first-order valence-corrected chi connectivity index (χ1v) is 13.4. The molecule has 8 nitrogen and oxygen atoms in total. The van der Waals surface area contributed by atoms with Crippen LogP contribution in [0.2, 0.25) is 0 Å². The zero-order chi connectivity index (χ0) is 27.9. The minimum atomic E-state index is -0.343. The summed E-state index contributed by atoms with van der Waals surface area (Å²) in [5, 5.41) is 8.36. The standard InChI is InChI=1S/C32H26FN7O/c1-3-41-24-17-15-23(16-18-24)35-30-32-37-31-28(20(2)38-40(31)27-10-6-7-19-34-27)29(21-11-13-22(33)14-12-21)39(32)26-9-5-4-8-25(26)36-30/h4-19,29H,3H2,1-2H3,(H,35,36). The second kappa shape index (κ2) is 10.0. The summed E-state index contributed by atoms with van der Waals surface area (Å²) in [6.07, 6.45) is 1.73. The number of amidine groups is 2. The number of nitrogens with one attached hydrogen (secondary N) is 1. The zero-order valence-corrected chi connectivity index (χ0v) is 22.5. The maximum atomic E-state index is 14.1. The molecule has 1 unspecified atom stereocenters. The van der Waals surface area contributed by atoms with Crippen LogP contribution in [0.1, 0.15) is 29.8 Å². The molecule has 2 aliphatic rings. The first-order chi connectivity index (χ1) is 20.1. The van der Waals surface area contributed by atoms with Crippen molar-refractivity contribution < 1.29 is 9.13 Å². The maximum absolute atomic E-state index is 14.1. The number of para-hydroxylation sites is 2. The minimum Gasteiger partial charge on any atom is -0.494 e. The number of ether oxygens (including phenoxy) is 1. The topological polar surface area (TPSA) is 79.9 Å². The van der Waals surface area contributed by atoms with Gasteiger partial charge in [-0.2, -0.15) is 9.78 Å². The Morgan fingerprint density at radius 3 is 2.44 bits per heavy atom. The highest BCUT2D eigenvalue weighted by Crippen LogP contribution is 2.48. The van der Waals surface area contributed by atoms with E-state index >= 15 is 0 Å². The summed E-state index contributed by atoms with van der Waals surface area (Å²) in [6, 6.07) is 27.7. The lowest BCUT2D eigenvalue weighted by atomic mass is 9.93. The van der Waals surface area contributed by atoms with Crippen LogP contribution in [0.3, 0.4) is 0 Å². The number of anilines is 2. The molecule has 0 amide bonds. The molecule has 202 valence electrons. The third-order valence-electron chi connectivity index (χ3n) is 7.12. The van der Waals surface area contributed by atoms with Gasteiger partial charge in [-0.05, 0) is 80.1 Å². The second-order valence-corrected chi connectivity index (χ2v) is 9.71. The summed E-state index contributed by atoms with van der Waals surface area (Å²) in [4.78, 5) is 16.9. The fraction of sp³-hybridized carbons (Fsp3) is 0.125. The van der Waals surface area contributed by atoms with Gasteiger partial charge in [-0.3, -0.25) is 0 Å². The Kier molecular flexibility index (Phi) is 6.04. The molecule has 4 heterocycles. The Hall–Kier alpha value is -5.31. The van der Waals surface area contributed by atoms with Gasteiger partial charge in [0.05, 0.1) is 29.7 Å². The molecule has 41 heavy (non-hydrogen) atoms. The van der Waals surface area contributed by atoms with Crippen LogP contribution in [-0.4, -0.2) is 33.0 Å². The number of aryl methyl sites for hydroxylation is 1. The average Bonchev–Trinajstić information content (AvgIpc) is 3.34. The van der Waals surface area contributed by atoms with E-state index in [1.807, 2.05) is 92.7 Å². The van der Waals surface area contributed by atoms with Crippen LogP contribution >= 0.6 is 0 Å². The molecule has 0 saturated carbocycles. The van der Waals surface area contributed by atoms with Crippen molar-refractivity contribution in [2.45, 2.75) is 19.9 Å². The van der Waals surface area contributed by atoms with Crippen molar-refractivity contribution in [1.29, 1.82) is 0 Å². The van der Waals surface area contributed by atoms with Crippen LogP contribution in [0.25, 0.3) is 5.82 Å². The van der Waals surface area contributed by atoms with Crippen LogP contribution in [0.15, 0.2) is 107 Å². The van der Waals surface area contributed by atoms with Gasteiger partial charge in [0.15, 0.2) is 23.3 Å². The van der Waals surface area contributed by atoms with Gasteiger partial charge in [0.2, 0.25) is 0 Å². The van der Waals surface area contributed by atoms with Gasteiger partial charge in [-0.15, -0.1) is 0 Å². The number of hydrogen-bond donors (Lipinski definition) is 1. The summed E-state index contributed by atoms with van der Waals surface area (Å²) in [6.45, 7) is 4.52. The Labute approximate surface area is 236 Å². The van der Waals surface area contributed by atoms with Crippen LogP contribution in [0.4, 0.5) is 27.3 Å². The summed E-state index contributed by atoms with van der Waals surface area (Å²) in [5.74, 6) is 3.01. The fourth-order valence-corrected chi connectivity index (χ4v) is 5.33. The molecule has 2 aliphatic heterocycles. The van der Waals surface area contributed by atoms with E-state index in [1.54, 1.807) is 10.9 Å². The van der Waals surface area contributed by atoms with Gasteiger partial charge >= 0.3 is 0 Å². The molecule has 0 saturated heterocycles. The molecule has 1 N–H and O–H groups in total. The quantitative estimate of drug-likeness (QED) is 0.261. The largest absolute Gasteiger partial charge is 0.494 e. The Bertz CT molecular complexity index is 1790. The molecular formula is C32H26FN7O. The summed E-state index contributed by atoms with van der Waals surface area (Å²) in [7, 11) is 0. The lowest BCUT2D eigenvalue weighted by Gasteiger charge is -2.40. The molecule has 0 aliphatic carbocycles. The van der Waals surface area contributed by atoms with E-state index < -0.39 is 0 Å². The summed E-state index contributed by atoms with van der Waals surface area (Å²) < 4.78 is 21.5. The van der Waals surface area contributed by atoms with Crippen molar-refractivity contribution in [2.24, 2.45) is 9.98 Å². The van der Waals surface area contributed by atoms with Crippen LogP contribution in [0, 0.1) is 12.7 Å². The third-order valence-corrected chi connectivity index (χ3v) is 7.12. The van der Waals surface area contributed by atoms with Crippen LogP contribution in [-0.2, 0) is 0 Å². The molecule has 0 spiro atoms. The monoisotopic (exact) mass is 543 g/mol. The molecule has 7 rings (SSSR count). The Morgan fingerprint density at radius 2 is 1.68 bits per heavy atom. The van der Waals surface area contributed by atoms with E-state index in [4.69, 9.17) is 19.8 Å². The molecule has 5 aromatic rings. The lowest BCUT2D eigenvalue weighted by Crippen LogP contribution is -2.46. The fourth-order valence-electron chi connectivity index (χ4n) is 5.33. The van der Waals surface area contributed by atoms with Gasteiger partial charge in [0, 0.05) is 17.4 Å². The van der Waals surface area contributed by atoms with Gasteiger partial charge in [0.1, 0.15) is 11.6 Å². The first-order valence-electron chi connectivity index (χ1n) is 13.4. The predicted octanol–water partition coefficient (Wildman–Crippen LogP) is 6.91. The molecule has 2 aromatic heterocycles. The second-order valence-electron chi connectivity index (χ2n) is 9.71. The van der Waals surface area contributed by atoms with Crippen LogP contribution < -0.4 is 15.0 Å². The van der Waals surface area contributed by atoms with Crippen molar-refractivity contribution in [3.63, 3.8) is 0 Å². The molecule has 9 heteroatoms. The predicted molar refractivity (Wildman–Crippen MR) is 159 cm³/mol. The van der Waals surface area contributed by atoms with Crippen molar-refractivity contribution in [3.8, 4) is 11.6 Å². The highest BCUT2D eigenvalue weighted by Gasteiger charge is 2.41. The molecular weight excluding hydrogens is 517 g/mol. The van der Waals surface area contributed by atoms with E-state index in [-0.39, 0.29) is 11.9 Å². The number of fused-ring (bicyclic) bond motifs is 4. The minimum absolute atomic E-state index is 0.293. The van der Waals surface area contributed by atoms with Gasteiger partial charge in [-0.25, -0.2) is 19.4 Å². The van der Waals surface area contributed by atoms with Gasteiger partial charge < -0.3 is 15.0 Å². The number of nitrogens with zero attached hydrogens (tertiary/aromatic N) is 6. The maximum Gasteiger partial charge on any atom is 0.179 e. The first kappa shape index (κ1) is 24.7. The van der Waals surface area contributed by atoms with Crippen molar-refractivity contribution >= 4 is 34.6 Å². The normalized spacial score (nSPS) is 15.3. The van der Waals surface area contributed by atoms with Crippen molar-refractivity contribution in [1.82, 2.24) is 14.8 Å². The highest BCUT2D eigenvalue weighted by molar-refractivity contribution is 6.51. The summed E-state index contributed by atoms with van der Waals surface area (Å²) in [5.41, 5.74) is 5.17. The number of aromatic nitrogens is 3. The van der Waals surface area contributed by atoms with Crippen molar-refractivity contribution in [3.05, 3.63) is 120 Å². The number of aliphatic imine (C=N–C) groups is 2. The molecule has 3 aromatic carbocycles. The number of benzene rings is 3. The van der Waals surface area contributed by atoms with Gasteiger partial charge in [0.25, 0.3) is 0 Å². The van der Waals surface area contributed by atoms with Crippen molar-refractivity contribution in [2.75, 3.05) is 16.8 Å². The summed E-state index contributed by atoms with van der Waals surface area (Å²) >= 11 is 0. The molecule has 0 radical (unpaired) electrons. The number of hydrogen-bond acceptors (Lipinski definition) is 7. The number of pyridine rings is 1. The lowest BCUT2D eigenvalue weighted by molar-refractivity contribution is 0.340. The molecule has 0 fully saturated rings. The van der Waals surface area contributed by atoms with E-state index in [9.17, 15) is 4.39 Å². The Morgan fingerprint density at radius 1 is 0.902 bits per heavy atom. The van der Waals surface area contributed by atoms with Crippen LogP contribution in [0.5, 0.6) is 5.75 Å². The van der Waals surface area contributed by atoms with E-state index in [0.717, 1.165) is 39.6 Å². The molecule has 0 bridgehead atoms. The average molecular weight is 544 g/mol. The molecule has 1 atom stereocenters. The van der Waals surface area contributed by atoms with E-state index in [1.165, 1.54) is 12.1 Å². The smallest absolute Gasteiger partial charge is 0.179 e. The zero-order valence-electron chi connectivity index (χ0n) is 22.5. The number of halogens is 1. The third kappa shape index (κ3) is 4.31. The SMILES string of the molecule is CCOc1ccc(NC2=Nc3ccccc3N3C2=Nc2c(c(C)nn2-c2ccccn2)C3c2ccc(F)cc2)cc1. The Balaban J connectivity index is 1.44. The highest BCUT2D eigenvalue weighted by atomic mass is 19.1. The van der Waals surface area contributed by atoms with Gasteiger partial charge in [-0.1, -0.05) is 30.3 Å². The number of rotatable bonds is 5.